The predicted molar refractivity (Wildman–Crippen MR) is 189 cm³/mol. The Kier molecular flexibility index (Phi) is 6.92. The lowest BCUT2D eigenvalue weighted by atomic mass is 9.89. The number of benzene rings is 1. The number of ether oxygens (including phenoxy) is 1. The van der Waals surface area contributed by atoms with E-state index in [4.69, 9.17) is 9.72 Å². The number of aliphatic hydroxyl groups is 1. The van der Waals surface area contributed by atoms with Crippen LogP contribution in [-0.4, -0.2) is 68.2 Å². The number of aromatic nitrogens is 3. The third-order valence-corrected chi connectivity index (χ3v) is 12.2. The lowest BCUT2D eigenvalue weighted by molar-refractivity contribution is 0.0174. The van der Waals surface area contributed by atoms with Crippen LogP contribution in [0.25, 0.3) is 21.3 Å². The molecule has 2 aliphatic carbocycles. The fourth-order valence-corrected chi connectivity index (χ4v) is 9.40. The van der Waals surface area contributed by atoms with E-state index in [0.29, 0.717) is 25.1 Å². The highest BCUT2D eigenvalue weighted by molar-refractivity contribution is 7.19. The number of nitrogens with zero attached hydrogens (tertiary/aromatic N) is 6. The van der Waals surface area contributed by atoms with E-state index in [9.17, 15) is 20.0 Å². The van der Waals surface area contributed by atoms with Gasteiger partial charge in [-0.15, -0.1) is 11.3 Å². The summed E-state index contributed by atoms with van der Waals surface area (Å²) in [7, 11) is 0. The van der Waals surface area contributed by atoms with Crippen LogP contribution in [0.1, 0.15) is 82.4 Å². The molecular formula is C38H42N6O4S. The number of carbonyl (C=O) groups is 1. The molecule has 11 heteroatoms. The average Bonchev–Trinajstić information content (AvgIpc) is 3.69. The Hall–Kier alpha value is -4.27. The average molecular weight is 679 g/mol. The Balaban J connectivity index is 1.20. The number of hydrogen-bond acceptors (Lipinski definition) is 9. The number of carbonyl (C=O) groups excluding carboxylic acids is 1. The lowest BCUT2D eigenvalue weighted by Gasteiger charge is -2.37. The van der Waals surface area contributed by atoms with Crippen LogP contribution in [-0.2, 0) is 22.1 Å². The number of likely N-dealkylation sites (tertiary alicyclic amines) is 1. The molecule has 10 nitrogen and oxygen atoms in total. The first kappa shape index (κ1) is 32.0. The van der Waals surface area contributed by atoms with Crippen LogP contribution in [0.5, 0.6) is 0 Å². The van der Waals surface area contributed by atoms with Gasteiger partial charge in [-0.2, -0.15) is 10.4 Å². The second kappa shape index (κ2) is 10.6. The van der Waals surface area contributed by atoms with Crippen molar-refractivity contribution in [2.75, 3.05) is 24.6 Å². The number of amides is 1. The van der Waals surface area contributed by atoms with Gasteiger partial charge in [-0.05, 0) is 86.3 Å². The summed E-state index contributed by atoms with van der Waals surface area (Å²) in [6, 6.07) is 11.9. The lowest BCUT2D eigenvalue weighted by Crippen LogP contribution is -2.44. The molecule has 2 atom stereocenters. The molecule has 2 saturated carbocycles. The van der Waals surface area contributed by atoms with Crippen molar-refractivity contribution >= 4 is 33.3 Å². The molecular weight excluding hydrogens is 637 g/mol. The highest BCUT2D eigenvalue weighted by atomic mass is 32.1. The summed E-state index contributed by atoms with van der Waals surface area (Å²) in [5.74, 6) is 0. The van der Waals surface area contributed by atoms with E-state index in [1.807, 2.05) is 45.2 Å². The minimum atomic E-state index is -0.639. The molecule has 1 saturated heterocycles. The number of rotatable bonds is 5. The van der Waals surface area contributed by atoms with E-state index in [2.05, 4.69) is 42.9 Å². The number of fused-ring (bicyclic) bond motifs is 2. The summed E-state index contributed by atoms with van der Waals surface area (Å²) in [4.78, 5) is 36.2. The van der Waals surface area contributed by atoms with Crippen molar-refractivity contribution in [3.05, 3.63) is 74.6 Å². The van der Waals surface area contributed by atoms with Crippen molar-refractivity contribution in [2.24, 2.45) is 5.41 Å². The third kappa shape index (κ3) is 5.14. The van der Waals surface area contributed by atoms with E-state index < -0.39 is 11.7 Å². The third-order valence-electron chi connectivity index (χ3n) is 11.0. The van der Waals surface area contributed by atoms with Gasteiger partial charge in [-0.1, -0.05) is 20.8 Å². The monoisotopic (exact) mass is 678 g/mol. The molecule has 49 heavy (non-hydrogen) atoms. The van der Waals surface area contributed by atoms with Gasteiger partial charge < -0.3 is 19.6 Å². The van der Waals surface area contributed by atoms with Gasteiger partial charge >= 0.3 is 6.09 Å². The number of pyridine rings is 1. The van der Waals surface area contributed by atoms with Gasteiger partial charge in [-0.25, -0.2) is 9.48 Å². The summed E-state index contributed by atoms with van der Waals surface area (Å²) in [6.45, 7) is 13.3. The molecule has 3 fully saturated rings. The Morgan fingerprint density at radius 2 is 1.92 bits per heavy atom. The van der Waals surface area contributed by atoms with Gasteiger partial charge in [0.1, 0.15) is 5.60 Å². The summed E-state index contributed by atoms with van der Waals surface area (Å²) in [5, 5.41) is 25.1. The zero-order valence-corrected chi connectivity index (χ0v) is 29.7. The largest absolute Gasteiger partial charge is 0.444 e. The zero-order chi connectivity index (χ0) is 34.7. The van der Waals surface area contributed by atoms with Crippen molar-refractivity contribution < 1.29 is 14.6 Å². The quantitative estimate of drug-likeness (QED) is 0.274. The molecule has 0 radical (unpaired) electrons. The molecule has 4 aliphatic rings. The van der Waals surface area contributed by atoms with Crippen LogP contribution in [0.2, 0.25) is 0 Å². The number of thiophene rings is 1. The molecule has 2 aliphatic heterocycles. The second-order valence-electron chi connectivity index (χ2n) is 16.5. The molecule has 0 unspecified atom stereocenters. The van der Waals surface area contributed by atoms with Gasteiger partial charge in [0.2, 0.25) is 0 Å². The van der Waals surface area contributed by atoms with Crippen LogP contribution >= 0.6 is 11.3 Å². The summed E-state index contributed by atoms with van der Waals surface area (Å²) in [5.41, 5.74) is 6.06. The molecule has 254 valence electrons. The Morgan fingerprint density at radius 1 is 1.14 bits per heavy atom. The molecule has 3 aromatic heterocycles. The van der Waals surface area contributed by atoms with Crippen molar-refractivity contribution in [2.45, 2.75) is 95.9 Å². The number of anilines is 1. The van der Waals surface area contributed by atoms with Crippen molar-refractivity contribution in [3.8, 4) is 17.2 Å². The minimum Gasteiger partial charge on any atom is -0.444 e. The topological polar surface area (TPSA) is 125 Å². The van der Waals surface area contributed by atoms with Crippen molar-refractivity contribution in [1.82, 2.24) is 19.7 Å². The number of hydrogen-bond donors (Lipinski definition) is 1. The maximum Gasteiger partial charge on any atom is 0.410 e. The SMILES string of the molecule is CC(C)(C)OC(=O)N1C[C@@H](N2CC34CC3(C4)c3cc(C#N)cc(-c4ccnc5cc(Cn6ncc(C(C)(C)C)cc6=O)sc45)c32)C[C@@H]1CO. The molecule has 8 rings (SSSR count). The molecule has 5 heterocycles. The fourth-order valence-electron chi connectivity index (χ4n) is 8.27. The summed E-state index contributed by atoms with van der Waals surface area (Å²) >= 11 is 1.60. The van der Waals surface area contributed by atoms with Gasteiger partial charge in [0, 0.05) is 58.5 Å². The highest BCUT2D eigenvalue weighted by Crippen LogP contribution is 2.88. The Bertz CT molecular complexity index is 2130. The standard InChI is InChI=1S/C38H42N6O4S/c1-35(2,3)23-11-31(46)44(41-15-23)17-26-13-30-33(49-26)27(7-8-40-30)28-9-22(14-39)10-29-32(28)43(21-37-19-38(29,37)20-37)24-12-25(18-45)42(16-24)34(47)48-36(4,5)6/h7-11,13,15,24-25,45H,12,16-21H2,1-6H3/t24-,25+,37?,38?/m0/s1. The van der Waals surface area contributed by atoms with Crippen molar-refractivity contribution in [3.63, 3.8) is 0 Å². The van der Waals surface area contributed by atoms with Gasteiger partial charge in [-0.3, -0.25) is 9.78 Å². The number of nitriles is 1. The molecule has 1 aromatic carbocycles. The Morgan fingerprint density at radius 3 is 2.59 bits per heavy atom. The maximum absolute atomic E-state index is 13.3. The molecule has 1 amide bonds. The highest BCUT2D eigenvalue weighted by Gasteiger charge is 2.85. The van der Waals surface area contributed by atoms with E-state index >= 15 is 0 Å². The van der Waals surface area contributed by atoms with Crippen LogP contribution in [0.15, 0.2) is 47.5 Å². The smallest absolute Gasteiger partial charge is 0.410 e. The van der Waals surface area contributed by atoms with Gasteiger partial charge in [0.15, 0.2) is 0 Å². The molecule has 0 spiro atoms. The second-order valence-corrected chi connectivity index (χ2v) is 17.6. The van der Waals surface area contributed by atoms with Crippen LogP contribution in [0, 0.1) is 16.7 Å². The van der Waals surface area contributed by atoms with Crippen LogP contribution in [0.4, 0.5) is 10.5 Å². The first-order valence-electron chi connectivity index (χ1n) is 17.1. The summed E-state index contributed by atoms with van der Waals surface area (Å²) < 4.78 is 8.23. The molecule has 1 N–H and O–H groups in total. The maximum atomic E-state index is 13.3. The summed E-state index contributed by atoms with van der Waals surface area (Å²) in [6.07, 6.45) is 6.02. The first-order valence-corrected chi connectivity index (χ1v) is 17.9. The first-order chi connectivity index (χ1) is 23.1. The van der Waals surface area contributed by atoms with E-state index in [-0.39, 0.29) is 40.5 Å². The van der Waals surface area contributed by atoms with E-state index in [1.165, 1.54) is 10.2 Å². The van der Waals surface area contributed by atoms with E-state index in [1.54, 1.807) is 28.5 Å². The normalized spacial score (nSPS) is 25.4. The minimum absolute atomic E-state index is 0.0195. The van der Waals surface area contributed by atoms with Gasteiger partial charge in [0.25, 0.3) is 5.56 Å². The zero-order valence-electron chi connectivity index (χ0n) is 28.9. The van der Waals surface area contributed by atoms with Crippen molar-refractivity contribution in [1.29, 1.82) is 5.26 Å². The number of aliphatic hydroxyl groups excluding tert-OH is 1. The van der Waals surface area contributed by atoms with Crippen LogP contribution in [0.3, 0.4) is 0 Å². The van der Waals surface area contributed by atoms with Crippen LogP contribution < -0.4 is 10.5 Å². The predicted octanol–water partition coefficient (Wildman–Crippen LogP) is 5.96. The molecule has 0 bridgehead atoms. The van der Waals surface area contributed by atoms with Gasteiger partial charge in [0.05, 0.1) is 47.2 Å². The van der Waals surface area contributed by atoms with E-state index in [0.717, 1.165) is 56.9 Å². The Labute approximate surface area is 289 Å². The fraction of sp³-hybridized carbons (Fsp3) is 0.500. The molecule has 4 aromatic rings.